The molecule has 0 radical (unpaired) electrons. The number of hydrogen-bond acceptors (Lipinski definition) is 4. The molecule has 0 aliphatic carbocycles. The number of piperazine rings is 1. The molecular weight excluding hydrogens is 356 g/mol. The maximum atomic E-state index is 12.9. The number of nitrogens with zero attached hydrogens (tertiary/aromatic N) is 2. The summed E-state index contributed by atoms with van der Waals surface area (Å²) < 4.78 is 11.5. The molecule has 1 atom stereocenters. The minimum Gasteiger partial charge on any atom is -0.485 e. The predicted molar refractivity (Wildman–Crippen MR) is 105 cm³/mol. The lowest BCUT2D eigenvalue weighted by Gasteiger charge is -2.37. The van der Waals surface area contributed by atoms with Gasteiger partial charge in [0.25, 0.3) is 11.8 Å². The Balaban J connectivity index is 1.37. The van der Waals surface area contributed by atoms with Gasteiger partial charge in [-0.25, -0.2) is 0 Å². The summed E-state index contributed by atoms with van der Waals surface area (Å²) >= 11 is 0. The molecule has 6 heteroatoms. The third-order valence-corrected chi connectivity index (χ3v) is 5.50. The molecule has 0 spiro atoms. The first-order valence-corrected chi connectivity index (χ1v) is 9.57. The predicted octanol–water partition coefficient (Wildman–Crippen LogP) is 2.43. The van der Waals surface area contributed by atoms with Crippen LogP contribution in [0.3, 0.4) is 0 Å². The third kappa shape index (κ3) is 3.42. The molecule has 0 saturated carbocycles. The van der Waals surface area contributed by atoms with Gasteiger partial charge in [-0.1, -0.05) is 24.3 Å². The quantitative estimate of drug-likeness (QED) is 0.803. The van der Waals surface area contributed by atoms with E-state index < -0.39 is 6.10 Å². The van der Waals surface area contributed by atoms with E-state index in [0.29, 0.717) is 37.7 Å². The maximum Gasteiger partial charge on any atom is 0.267 e. The fraction of sp³-hybridized carbons (Fsp3) is 0.364. The zero-order valence-corrected chi connectivity index (χ0v) is 16.2. The number of ether oxygens (including phenoxy) is 2. The van der Waals surface area contributed by atoms with Gasteiger partial charge in [0.1, 0.15) is 6.61 Å². The van der Waals surface area contributed by atoms with Crippen molar-refractivity contribution >= 4 is 11.8 Å². The molecule has 4 rings (SSSR count). The summed E-state index contributed by atoms with van der Waals surface area (Å²) in [6.45, 7) is 6.21. The average Bonchev–Trinajstić information content (AvgIpc) is 2.74. The number of aryl methyl sites for hydroxylation is 1. The Bertz CT molecular complexity index is 903. The van der Waals surface area contributed by atoms with Crippen LogP contribution in [0.15, 0.2) is 42.5 Å². The molecule has 2 heterocycles. The highest BCUT2D eigenvalue weighted by atomic mass is 16.6. The van der Waals surface area contributed by atoms with Crippen LogP contribution >= 0.6 is 0 Å². The fourth-order valence-corrected chi connectivity index (χ4v) is 3.63. The standard InChI is InChI=1S/C22H24N2O4/c1-15-6-5-7-17(16(15)2)21(25)23-10-12-24(13-11-23)22(26)20-14-27-18-8-3-4-9-19(18)28-20/h3-9,20H,10-14H2,1-2H3. The summed E-state index contributed by atoms with van der Waals surface area (Å²) in [7, 11) is 0. The highest BCUT2D eigenvalue weighted by Crippen LogP contribution is 2.31. The van der Waals surface area contributed by atoms with Crippen LogP contribution in [0.4, 0.5) is 0 Å². The van der Waals surface area contributed by atoms with Gasteiger partial charge in [0.05, 0.1) is 0 Å². The van der Waals surface area contributed by atoms with Gasteiger partial charge in [-0.2, -0.15) is 0 Å². The summed E-state index contributed by atoms with van der Waals surface area (Å²) in [6.07, 6.45) is -0.642. The van der Waals surface area contributed by atoms with Crippen LogP contribution in [-0.2, 0) is 4.79 Å². The SMILES string of the molecule is Cc1cccc(C(=O)N2CCN(C(=O)C3COc4ccccc4O3)CC2)c1C. The van der Waals surface area contributed by atoms with E-state index >= 15 is 0 Å². The van der Waals surface area contributed by atoms with E-state index in [1.807, 2.05) is 55.1 Å². The lowest BCUT2D eigenvalue weighted by atomic mass is 10.0. The monoisotopic (exact) mass is 380 g/mol. The summed E-state index contributed by atoms with van der Waals surface area (Å²) in [4.78, 5) is 29.3. The zero-order chi connectivity index (χ0) is 19.7. The van der Waals surface area contributed by atoms with E-state index in [-0.39, 0.29) is 18.4 Å². The largest absolute Gasteiger partial charge is 0.485 e. The van der Waals surface area contributed by atoms with Gasteiger partial charge in [0, 0.05) is 31.7 Å². The lowest BCUT2D eigenvalue weighted by molar-refractivity contribution is -0.142. The van der Waals surface area contributed by atoms with E-state index in [0.717, 1.165) is 16.7 Å². The van der Waals surface area contributed by atoms with Crippen LogP contribution in [0.5, 0.6) is 11.5 Å². The van der Waals surface area contributed by atoms with Crippen LogP contribution in [-0.4, -0.2) is 60.5 Å². The fourth-order valence-electron chi connectivity index (χ4n) is 3.63. The van der Waals surface area contributed by atoms with E-state index in [1.165, 1.54) is 0 Å². The van der Waals surface area contributed by atoms with Gasteiger partial charge in [-0.05, 0) is 43.2 Å². The average molecular weight is 380 g/mol. The molecule has 2 aliphatic rings. The highest BCUT2D eigenvalue weighted by Gasteiger charge is 2.33. The number of carbonyl (C=O) groups is 2. The van der Waals surface area contributed by atoms with E-state index in [9.17, 15) is 9.59 Å². The second-order valence-corrected chi connectivity index (χ2v) is 7.23. The molecule has 1 saturated heterocycles. The number of carbonyl (C=O) groups excluding carboxylic acids is 2. The molecule has 1 fully saturated rings. The smallest absolute Gasteiger partial charge is 0.267 e. The van der Waals surface area contributed by atoms with Crippen LogP contribution < -0.4 is 9.47 Å². The molecule has 6 nitrogen and oxygen atoms in total. The Kier molecular flexibility index (Phi) is 4.94. The van der Waals surface area contributed by atoms with Crippen molar-refractivity contribution in [2.24, 2.45) is 0 Å². The van der Waals surface area contributed by atoms with Crippen LogP contribution in [0.2, 0.25) is 0 Å². The Morgan fingerprint density at radius 3 is 2.32 bits per heavy atom. The Hall–Kier alpha value is -3.02. The summed E-state index contributed by atoms with van der Waals surface area (Å²) in [6, 6.07) is 13.1. The Morgan fingerprint density at radius 1 is 0.893 bits per heavy atom. The molecule has 0 N–H and O–H groups in total. The molecule has 146 valence electrons. The van der Waals surface area contributed by atoms with E-state index in [1.54, 1.807) is 11.0 Å². The van der Waals surface area contributed by atoms with E-state index in [4.69, 9.17) is 9.47 Å². The molecule has 2 aliphatic heterocycles. The number of benzene rings is 2. The van der Waals surface area contributed by atoms with Crippen molar-refractivity contribution in [3.8, 4) is 11.5 Å². The number of para-hydroxylation sites is 2. The Labute approximate surface area is 164 Å². The number of hydrogen-bond donors (Lipinski definition) is 0. The normalized spacial score (nSPS) is 18.7. The van der Waals surface area contributed by atoms with Crippen molar-refractivity contribution in [2.45, 2.75) is 20.0 Å². The van der Waals surface area contributed by atoms with Crippen LogP contribution in [0.25, 0.3) is 0 Å². The lowest BCUT2D eigenvalue weighted by Crippen LogP contribution is -2.55. The molecule has 2 aromatic rings. The van der Waals surface area contributed by atoms with Gasteiger partial charge in [0.2, 0.25) is 6.10 Å². The van der Waals surface area contributed by atoms with Crippen LogP contribution in [0, 0.1) is 13.8 Å². The third-order valence-electron chi connectivity index (χ3n) is 5.50. The number of rotatable bonds is 2. The van der Waals surface area contributed by atoms with Gasteiger partial charge >= 0.3 is 0 Å². The van der Waals surface area contributed by atoms with Gasteiger partial charge in [-0.3, -0.25) is 9.59 Å². The van der Waals surface area contributed by atoms with Gasteiger partial charge in [-0.15, -0.1) is 0 Å². The molecular formula is C22H24N2O4. The van der Waals surface area contributed by atoms with Crippen LogP contribution in [0.1, 0.15) is 21.5 Å². The van der Waals surface area contributed by atoms with Crippen molar-refractivity contribution < 1.29 is 19.1 Å². The summed E-state index contributed by atoms with van der Waals surface area (Å²) in [5, 5.41) is 0. The summed E-state index contributed by atoms with van der Waals surface area (Å²) in [5.41, 5.74) is 2.85. The van der Waals surface area contributed by atoms with Crippen molar-refractivity contribution in [2.75, 3.05) is 32.8 Å². The molecule has 0 bridgehead atoms. The first-order chi connectivity index (χ1) is 13.5. The number of amides is 2. The molecule has 0 aromatic heterocycles. The highest BCUT2D eigenvalue weighted by molar-refractivity contribution is 5.96. The Morgan fingerprint density at radius 2 is 1.57 bits per heavy atom. The molecule has 1 unspecified atom stereocenters. The van der Waals surface area contributed by atoms with Crippen molar-refractivity contribution in [1.82, 2.24) is 9.80 Å². The second kappa shape index (κ2) is 7.54. The van der Waals surface area contributed by atoms with E-state index in [2.05, 4.69) is 0 Å². The minimum atomic E-state index is -0.642. The van der Waals surface area contributed by atoms with Gasteiger partial charge in [0.15, 0.2) is 11.5 Å². The zero-order valence-electron chi connectivity index (χ0n) is 16.2. The van der Waals surface area contributed by atoms with Crippen molar-refractivity contribution in [1.29, 1.82) is 0 Å². The first kappa shape index (κ1) is 18.3. The minimum absolute atomic E-state index is 0.0273. The second-order valence-electron chi connectivity index (χ2n) is 7.23. The molecule has 28 heavy (non-hydrogen) atoms. The summed E-state index contributed by atoms with van der Waals surface area (Å²) in [5.74, 6) is 1.19. The first-order valence-electron chi connectivity index (χ1n) is 9.57. The number of fused-ring (bicyclic) bond motifs is 1. The maximum absolute atomic E-state index is 12.9. The molecule has 2 aromatic carbocycles. The van der Waals surface area contributed by atoms with Crippen molar-refractivity contribution in [3.63, 3.8) is 0 Å². The van der Waals surface area contributed by atoms with Crippen molar-refractivity contribution in [3.05, 3.63) is 59.2 Å². The van der Waals surface area contributed by atoms with Gasteiger partial charge < -0.3 is 19.3 Å². The molecule has 2 amide bonds. The topological polar surface area (TPSA) is 59.1 Å².